The molecule has 4 aromatic rings. The van der Waals surface area contributed by atoms with Crippen LogP contribution in [-0.2, 0) is 11.8 Å². The Balaban J connectivity index is 1.39. The number of benzene rings is 1. The van der Waals surface area contributed by atoms with E-state index >= 15 is 0 Å². The Labute approximate surface area is 250 Å². The van der Waals surface area contributed by atoms with E-state index < -0.39 is 0 Å². The van der Waals surface area contributed by atoms with Crippen LogP contribution in [0.5, 0.6) is 17.4 Å². The first-order chi connectivity index (χ1) is 20.8. The standard InChI is InChI=1S/C32H35N8O3/c1-6-27(41)39-13-12-23(14-20(39)3)40-17-22(16-36-40)30-28(29-31(33)34-18-35-32(29)38(30)4)21-10-11-24(25(15-21)42-5)43-26-9-7-8-19(2)37-26/h6-11,15-18,20,22-23H,1,12-14H2,2-5H3,(H2,33,34,35)/q+1. The second-order valence-corrected chi connectivity index (χ2v) is 10.9. The summed E-state index contributed by atoms with van der Waals surface area (Å²) in [5, 5.41) is 5.57. The average molecular weight is 580 g/mol. The van der Waals surface area contributed by atoms with Crippen molar-refractivity contribution in [1.29, 1.82) is 0 Å². The number of hydrogen-bond donors (Lipinski definition) is 1. The quantitative estimate of drug-likeness (QED) is 0.253. The number of rotatable bonds is 7. The molecule has 11 heteroatoms. The molecular formula is C32H35N8O3+. The van der Waals surface area contributed by atoms with Gasteiger partial charge in [0, 0.05) is 55.5 Å². The molecule has 0 radical (unpaired) electrons. The van der Waals surface area contributed by atoms with Crippen LogP contribution >= 0.6 is 0 Å². The van der Waals surface area contributed by atoms with E-state index in [-0.39, 0.29) is 23.9 Å². The Morgan fingerprint density at radius 2 is 2.05 bits per heavy atom. The van der Waals surface area contributed by atoms with Crippen LogP contribution in [0.4, 0.5) is 5.82 Å². The van der Waals surface area contributed by atoms with E-state index in [1.54, 1.807) is 7.11 Å². The molecule has 2 N–H and O–H groups in total. The number of aromatic nitrogens is 4. The van der Waals surface area contributed by atoms with E-state index in [0.717, 1.165) is 46.4 Å². The van der Waals surface area contributed by atoms with E-state index in [4.69, 9.17) is 20.3 Å². The molecule has 6 rings (SSSR count). The number of ether oxygens (including phenoxy) is 2. The Kier molecular flexibility index (Phi) is 7.39. The molecule has 0 aliphatic carbocycles. The van der Waals surface area contributed by atoms with E-state index in [1.807, 2.05) is 66.2 Å². The summed E-state index contributed by atoms with van der Waals surface area (Å²) in [4.78, 5) is 27.5. The number of methoxy groups -OCH3 is 1. The van der Waals surface area contributed by atoms with Crippen molar-refractivity contribution in [2.24, 2.45) is 12.1 Å². The van der Waals surface area contributed by atoms with Gasteiger partial charge in [0.05, 0.1) is 18.7 Å². The van der Waals surface area contributed by atoms with Gasteiger partial charge in [-0.1, -0.05) is 23.4 Å². The van der Waals surface area contributed by atoms with Gasteiger partial charge in [0.2, 0.25) is 11.8 Å². The number of carbonyl (C=O) groups is 1. The highest BCUT2D eigenvalue weighted by atomic mass is 16.5. The van der Waals surface area contributed by atoms with Crippen molar-refractivity contribution in [3.8, 4) is 28.5 Å². The molecule has 5 heterocycles. The van der Waals surface area contributed by atoms with Gasteiger partial charge in [-0.25, -0.2) is 15.0 Å². The summed E-state index contributed by atoms with van der Waals surface area (Å²) in [6, 6.07) is 11.7. The van der Waals surface area contributed by atoms with Crippen LogP contribution in [0.3, 0.4) is 0 Å². The van der Waals surface area contributed by atoms with Crippen molar-refractivity contribution in [2.45, 2.75) is 44.7 Å². The van der Waals surface area contributed by atoms with Gasteiger partial charge in [0.15, 0.2) is 23.8 Å². The van der Waals surface area contributed by atoms with Crippen molar-refractivity contribution in [2.75, 3.05) is 19.4 Å². The Morgan fingerprint density at radius 1 is 1.21 bits per heavy atom. The molecule has 1 fully saturated rings. The van der Waals surface area contributed by atoms with E-state index in [0.29, 0.717) is 29.7 Å². The predicted octanol–water partition coefficient (Wildman–Crippen LogP) is 4.45. The average Bonchev–Trinajstić information content (AvgIpc) is 3.60. The number of nitrogens with two attached hydrogens (primary N) is 1. The first kappa shape index (κ1) is 28.1. The summed E-state index contributed by atoms with van der Waals surface area (Å²) in [7, 11) is 3.60. The summed E-state index contributed by atoms with van der Waals surface area (Å²) < 4.78 is 15.9. The fourth-order valence-electron chi connectivity index (χ4n) is 6.15. The van der Waals surface area contributed by atoms with Crippen molar-refractivity contribution >= 4 is 35.2 Å². The van der Waals surface area contributed by atoms with Crippen LogP contribution in [0, 0.1) is 6.92 Å². The molecule has 2 aliphatic rings. The Hall–Kier alpha value is -5.06. The first-order valence-electron chi connectivity index (χ1n) is 14.3. The molecular weight excluding hydrogens is 544 g/mol. The lowest BCUT2D eigenvalue weighted by Gasteiger charge is -2.34. The summed E-state index contributed by atoms with van der Waals surface area (Å²) in [6.07, 6.45) is 8.59. The minimum atomic E-state index is -0.143. The van der Waals surface area contributed by atoms with Crippen LogP contribution in [0.2, 0.25) is 0 Å². The second kappa shape index (κ2) is 11.3. The lowest BCUT2D eigenvalue weighted by atomic mass is 9.95. The largest absolute Gasteiger partial charge is 0.493 e. The first-order valence-corrected chi connectivity index (χ1v) is 14.3. The Morgan fingerprint density at radius 3 is 2.79 bits per heavy atom. The Bertz CT molecular complexity index is 1790. The van der Waals surface area contributed by atoms with Crippen molar-refractivity contribution in [3.05, 3.63) is 66.8 Å². The van der Waals surface area contributed by atoms with Crippen molar-refractivity contribution in [1.82, 2.24) is 24.4 Å². The monoisotopic (exact) mass is 579 g/mol. The number of pyridine rings is 1. The molecule has 43 heavy (non-hydrogen) atoms. The third-order valence-electron chi connectivity index (χ3n) is 8.24. The highest BCUT2D eigenvalue weighted by molar-refractivity contribution is 6.06. The number of piperidine rings is 1. The van der Waals surface area contributed by atoms with Gasteiger partial charge in [-0.15, -0.1) is 0 Å². The summed E-state index contributed by atoms with van der Waals surface area (Å²) in [5.74, 6) is 1.81. The third-order valence-corrected chi connectivity index (χ3v) is 8.24. The zero-order valence-electron chi connectivity index (χ0n) is 24.8. The van der Waals surface area contributed by atoms with Gasteiger partial charge in [-0.3, -0.25) is 4.79 Å². The summed E-state index contributed by atoms with van der Waals surface area (Å²) in [6.45, 7) is 8.30. The van der Waals surface area contributed by atoms with Crippen LogP contribution in [0.15, 0.2) is 60.5 Å². The van der Waals surface area contributed by atoms with E-state index in [9.17, 15) is 4.79 Å². The van der Waals surface area contributed by atoms with Gasteiger partial charge >= 0.3 is 0 Å². The lowest BCUT2D eigenvalue weighted by molar-refractivity contribution is -0.569. The van der Waals surface area contributed by atoms with Crippen LogP contribution in [-0.4, -0.2) is 73.2 Å². The normalized spacial score (nSPS) is 19.9. The van der Waals surface area contributed by atoms with Crippen molar-refractivity contribution in [3.63, 3.8) is 0 Å². The molecule has 1 aromatic carbocycles. The molecule has 3 atom stereocenters. The number of hydrogen-bond acceptors (Lipinski definition) is 8. The molecule has 2 aliphatic heterocycles. The number of amides is 1. The maximum absolute atomic E-state index is 12.2. The van der Waals surface area contributed by atoms with Gasteiger partial charge < -0.3 is 24.7 Å². The van der Waals surface area contributed by atoms with Gasteiger partial charge in [-0.2, -0.15) is 0 Å². The van der Waals surface area contributed by atoms with E-state index in [1.165, 1.54) is 12.4 Å². The van der Waals surface area contributed by atoms with Crippen molar-refractivity contribution < 1.29 is 19.0 Å². The number of carbonyl (C=O) groups excluding carboxylic acids is 1. The summed E-state index contributed by atoms with van der Waals surface area (Å²) in [5.41, 5.74) is 10.8. The fraction of sp³-hybridized carbons (Fsp3) is 0.312. The molecule has 11 nitrogen and oxygen atoms in total. The van der Waals surface area contributed by atoms with Gasteiger partial charge in [0.1, 0.15) is 23.7 Å². The number of hydrazone groups is 1. The van der Waals surface area contributed by atoms with E-state index in [2.05, 4.69) is 39.2 Å². The predicted molar refractivity (Wildman–Crippen MR) is 166 cm³/mol. The molecule has 0 saturated carbocycles. The highest BCUT2D eigenvalue weighted by Crippen LogP contribution is 2.43. The van der Waals surface area contributed by atoms with Gasteiger partial charge in [-0.05, 0) is 48.8 Å². The zero-order valence-corrected chi connectivity index (χ0v) is 24.8. The topological polar surface area (TPSA) is 124 Å². The number of aryl methyl sites for hydroxylation is 2. The minimum Gasteiger partial charge on any atom is -0.493 e. The maximum atomic E-state index is 12.2. The maximum Gasteiger partial charge on any atom is 0.246 e. The number of nitrogens with zero attached hydrogens (tertiary/aromatic N) is 7. The molecule has 3 aromatic heterocycles. The third kappa shape index (κ3) is 5.11. The fourth-order valence-corrected chi connectivity index (χ4v) is 6.15. The minimum absolute atomic E-state index is 0.0291. The number of likely N-dealkylation sites (tertiary alicyclic amines) is 1. The summed E-state index contributed by atoms with van der Waals surface area (Å²) >= 11 is 0. The molecule has 0 spiro atoms. The van der Waals surface area contributed by atoms with Crippen LogP contribution in [0.25, 0.3) is 22.2 Å². The second-order valence-electron chi connectivity index (χ2n) is 10.9. The van der Waals surface area contributed by atoms with Gasteiger partial charge in [0.25, 0.3) is 0 Å². The molecule has 220 valence electrons. The molecule has 0 bridgehead atoms. The number of anilines is 1. The smallest absolute Gasteiger partial charge is 0.246 e. The lowest BCUT2D eigenvalue weighted by Crippen LogP contribution is -2.47. The zero-order chi connectivity index (χ0) is 30.2. The molecule has 3 unspecified atom stereocenters. The highest BCUT2D eigenvalue weighted by Gasteiger charge is 2.38. The number of fused-ring (bicyclic) bond motifs is 1. The van der Waals surface area contributed by atoms with Crippen LogP contribution in [0.1, 0.15) is 37.1 Å². The SMILES string of the molecule is C=CC(=O)N1CCC([N+]2=CC(c3c(-c4ccc(Oc5cccc(C)n5)c(OC)c4)c4c(N)ncnc4n3C)C=N2)CC1C. The molecule has 1 saturated heterocycles. The number of nitrogen functional groups attached to an aromatic ring is 1. The van der Waals surface area contributed by atoms with Crippen LogP contribution < -0.4 is 15.2 Å². The molecule has 1 amide bonds.